The molecule has 3 heteroatoms. The van der Waals surface area contributed by atoms with Gasteiger partial charge in [-0.15, -0.1) is 0 Å². The van der Waals surface area contributed by atoms with Crippen molar-refractivity contribution in [1.82, 2.24) is 0 Å². The number of ether oxygens (including phenoxy) is 1. The fourth-order valence-corrected chi connectivity index (χ4v) is 0.258. The standard InChI is InChI=1S/C5H7BrO2/c1-4(2)3-8-5(6)7/h3H,1-2H3. The minimum atomic E-state index is -0.460. The summed E-state index contributed by atoms with van der Waals surface area (Å²) in [5.41, 5.74) is 0.956. The number of hydrogen-bond donors (Lipinski definition) is 0. The highest BCUT2D eigenvalue weighted by Gasteiger charge is 1.87. The smallest absolute Gasteiger partial charge is 0.379 e. The Hall–Kier alpha value is -0.310. The van der Waals surface area contributed by atoms with Gasteiger partial charge in [0, 0.05) is 15.9 Å². The molecule has 0 saturated heterocycles. The maximum Gasteiger partial charge on any atom is 0.379 e. The van der Waals surface area contributed by atoms with E-state index < -0.39 is 4.88 Å². The Morgan fingerprint density at radius 3 is 2.25 bits per heavy atom. The van der Waals surface area contributed by atoms with E-state index in [1.165, 1.54) is 6.26 Å². The first kappa shape index (κ1) is 7.69. The molecule has 0 unspecified atom stereocenters. The molecule has 0 rings (SSSR count). The third-order valence-corrected chi connectivity index (χ3v) is 0.574. The molecule has 0 aromatic heterocycles. The average Bonchev–Trinajstić information content (AvgIpc) is 1.61. The van der Waals surface area contributed by atoms with Crippen LogP contribution in [0.3, 0.4) is 0 Å². The summed E-state index contributed by atoms with van der Waals surface area (Å²) in [4.78, 5) is 9.54. The maximum atomic E-state index is 10.00. The van der Waals surface area contributed by atoms with E-state index in [1.807, 2.05) is 13.8 Å². The number of carbonyl (C=O) groups is 1. The number of hydrogen-bond acceptors (Lipinski definition) is 2. The Labute approximate surface area is 56.7 Å². The summed E-state index contributed by atoms with van der Waals surface area (Å²) in [5, 5.41) is 0. The van der Waals surface area contributed by atoms with Crippen molar-refractivity contribution in [2.75, 3.05) is 0 Å². The van der Waals surface area contributed by atoms with E-state index in [4.69, 9.17) is 0 Å². The van der Waals surface area contributed by atoms with Crippen LogP contribution in [-0.2, 0) is 4.74 Å². The first-order valence-corrected chi connectivity index (χ1v) is 2.91. The molecule has 46 valence electrons. The first-order valence-electron chi connectivity index (χ1n) is 2.12. The van der Waals surface area contributed by atoms with Gasteiger partial charge in [-0.2, -0.15) is 0 Å². The summed E-state index contributed by atoms with van der Waals surface area (Å²) >= 11 is 2.60. The van der Waals surface area contributed by atoms with Crippen molar-refractivity contribution in [3.63, 3.8) is 0 Å². The number of rotatable bonds is 1. The topological polar surface area (TPSA) is 26.3 Å². The second kappa shape index (κ2) is 3.66. The van der Waals surface area contributed by atoms with Gasteiger partial charge in [0.05, 0.1) is 6.26 Å². The Morgan fingerprint density at radius 2 is 2.12 bits per heavy atom. The SMILES string of the molecule is CC(C)=COC(=O)Br. The maximum absolute atomic E-state index is 10.00. The predicted octanol–water partition coefficient (Wildman–Crippen LogP) is 2.44. The summed E-state index contributed by atoms with van der Waals surface area (Å²) < 4.78 is 4.42. The van der Waals surface area contributed by atoms with Gasteiger partial charge in [-0.25, -0.2) is 4.79 Å². The number of halogens is 1. The molecule has 2 nitrogen and oxygen atoms in total. The fraction of sp³-hybridized carbons (Fsp3) is 0.400. The fourth-order valence-electron chi connectivity index (χ4n) is 0.164. The Morgan fingerprint density at radius 1 is 1.62 bits per heavy atom. The molecule has 0 radical (unpaired) electrons. The summed E-state index contributed by atoms with van der Waals surface area (Å²) in [6.07, 6.45) is 1.39. The summed E-state index contributed by atoms with van der Waals surface area (Å²) in [6.45, 7) is 3.69. The molecule has 0 aliphatic heterocycles. The summed E-state index contributed by atoms with van der Waals surface area (Å²) in [6, 6.07) is 0. The van der Waals surface area contributed by atoms with E-state index in [0.717, 1.165) is 5.57 Å². The van der Waals surface area contributed by atoms with E-state index in [2.05, 4.69) is 20.7 Å². The Kier molecular flexibility index (Phi) is 3.52. The molecule has 0 fully saturated rings. The van der Waals surface area contributed by atoms with Gasteiger partial charge in [-0.3, -0.25) is 0 Å². The average molecular weight is 179 g/mol. The normalized spacial score (nSPS) is 7.88. The molecule has 0 aromatic carbocycles. The molecule has 8 heavy (non-hydrogen) atoms. The molecule has 0 N–H and O–H groups in total. The third kappa shape index (κ3) is 5.69. The lowest BCUT2D eigenvalue weighted by Crippen LogP contribution is -1.82. The van der Waals surface area contributed by atoms with Crippen LogP contribution in [0.5, 0.6) is 0 Å². The lowest BCUT2D eigenvalue weighted by molar-refractivity contribution is 0.214. The van der Waals surface area contributed by atoms with Crippen LogP contribution < -0.4 is 0 Å². The van der Waals surface area contributed by atoms with Crippen molar-refractivity contribution < 1.29 is 9.53 Å². The van der Waals surface area contributed by atoms with Crippen molar-refractivity contribution in [1.29, 1.82) is 0 Å². The van der Waals surface area contributed by atoms with Crippen LogP contribution in [-0.4, -0.2) is 4.88 Å². The van der Waals surface area contributed by atoms with Gasteiger partial charge in [0.15, 0.2) is 0 Å². The lowest BCUT2D eigenvalue weighted by Gasteiger charge is -1.88. The third-order valence-electron chi connectivity index (χ3n) is 0.387. The molecule has 0 aliphatic rings. The first-order chi connectivity index (χ1) is 3.63. The van der Waals surface area contributed by atoms with Crippen LogP contribution in [0.4, 0.5) is 4.79 Å². The highest BCUT2D eigenvalue weighted by atomic mass is 79.9. The molecular weight excluding hydrogens is 172 g/mol. The van der Waals surface area contributed by atoms with Crippen molar-refractivity contribution >= 4 is 20.8 Å². The molecule has 0 aliphatic carbocycles. The number of allylic oxidation sites excluding steroid dienone is 1. The molecule has 0 bridgehead atoms. The lowest BCUT2D eigenvalue weighted by atomic mass is 10.4. The van der Waals surface area contributed by atoms with Crippen LogP contribution in [0.25, 0.3) is 0 Å². The molecule has 0 amide bonds. The molecule has 0 atom stereocenters. The predicted molar refractivity (Wildman–Crippen MR) is 34.8 cm³/mol. The van der Waals surface area contributed by atoms with Crippen molar-refractivity contribution in [3.8, 4) is 0 Å². The zero-order chi connectivity index (χ0) is 6.57. The van der Waals surface area contributed by atoms with Crippen LogP contribution >= 0.6 is 15.9 Å². The molecule has 0 spiro atoms. The summed E-state index contributed by atoms with van der Waals surface area (Å²) in [7, 11) is 0. The van der Waals surface area contributed by atoms with E-state index in [1.54, 1.807) is 0 Å². The minimum Gasteiger partial charge on any atom is -0.426 e. The van der Waals surface area contributed by atoms with E-state index in [9.17, 15) is 4.79 Å². The van der Waals surface area contributed by atoms with Gasteiger partial charge in [0.2, 0.25) is 0 Å². The molecule has 0 aromatic rings. The Balaban J connectivity index is 3.45. The van der Waals surface area contributed by atoms with Gasteiger partial charge in [-0.05, 0) is 19.4 Å². The highest BCUT2D eigenvalue weighted by molar-refractivity contribution is 9.18. The second-order valence-corrected chi connectivity index (χ2v) is 2.20. The van der Waals surface area contributed by atoms with Gasteiger partial charge in [-0.1, -0.05) is 0 Å². The molecular formula is C5H7BrO2. The Bertz CT molecular complexity index is 114. The van der Waals surface area contributed by atoms with Gasteiger partial charge in [0.1, 0.15) is 0 Å². The summed E-state index contributed by atoms with van der Waals surface area (Å²) in [5.74, 6) is 0. The largest absolute Gasteiger partial charge is 0.426 e. The van der Waals surface area contributed by atoms with E-state index >= 15 is 0 Å². The van der Waals surface area contributed by atoms with E-state index in [0.29, 0.717) is 0 Å². The molecule has 0 saturated carbocycles. The van der Waals surface area contributed by atoms with Gasteiger partial charge < -0.3 is 4.74 Å². The zero-order valence-electron chi connectivity index (χ0n) is 4.77. The number of carbonyl (C=O) groups excluding carboxylic acids is 1. The van der Waals surface area contributed by atoms with Gasteiger partial charge >= 0.3 is 4.88 Å². The highest BCUT2D eigenvalue weighted by Crippen LogP contribution is 1.94. The van der Waals surface area contributed by atoms with Crippen LogP contribution in [0.1, 0.15) is 13.8 Å². The quantitative estimate of drug-likeness (QED) is 0.456. The van der Waals surface area contributed by atoms with E-state index in [-0.39, 0.29) is 0 Å². The van der Waals surface area contributed by atoms with Crippen molar-refractivity contribution in [2.24, 2.45) is 0 Å². The second-order valence-electron chi connectivity index (χ2n) is 1.55. The minimum absolute atomic E-state index is 0.460. The van der Waals surface area contributed by atoms with Crippen molar-refractivity contribution in [3.05, 3.63) is 11.8 Å². The monoisotopic (exact) mass is 178 g/mol. The zero-order valence-corrected chi connectivity index (χ0v) is 6.36. The molecule has 0 heterocycles. The van der Waals surface area contributed by atoms with Crippen LogP contribution in [0, 0.1) is 0 Å². The van der Waals surface area contributed by atoms with Crippen molar-refractivity contribution in [2.45, 2.75) is 13.8 Å². The van der Waals surface area contributed by atoms with Crippen LogP contribution in [0.15, 0.2) is 11.8 Å². The van der Waals surface area contributed by atoms with Gasteiger partial charge in [0.25, 0.3) is 0 Å². The van der Waals surface area contributed by atoms with Crippen LogP contribution in [0.2, 0.25) is 0 Å².